The lowest BCUT2D eigenvalue weighted by Crippen LogP contribution is -2.38. The van der Waals surface area contributed by atoms with Crippen molar-refractivity contribution in [2.45, 2.75) is 25.4 Å². The summed E-state index contributed by atoms with van der Waals surface area (Å²) in [6.07, 6.45) is 0.544. The summed E-state index contributed by atoms with van der Waals surface area (Å²) in [7, 11) is -1.45. The molecule has 9 heteroatoms. The van der Waals surface area contributed by atoms with Gasteiger partial charge in [0.2, 0.25) is 5.91 Å². The largest absolute Gasteiger partial charge is 0.419 e. The highest BCUT2D eigenvalue weighted by Gasteiger charge is 2.32. The van der Waals surface area contributed by atoms with Crippen molar-refractivity contribution in [3.8, 4) is 0 Å². The number of rotatable bonds is 4. The van der Waals surface area contributed by atoms with Gasteiger partial charge in [-0.15, -0.1) is 0 Å². The Hall–Kier alpha value is -1.80. The van der Waals surface area contributed by atoms with E-state index in [1.54, 1.807) is 25.2 Å². The summed E-state index contributed by atoms with van der Waals surface area (Å²) in [5, 5.41) is 0.460. The van der Waals surface area contributed by atoms with Gasteiger partial charge in [0, 0.05) is 37.1 Å². The van der Waals surface area contributed by atoms with Crippen LogP contribution in [0.25, 0.3) is 11.1 Å². The van der Waals surface area contributed by atoms with E-state index in [0.29, 0.717) is 22.5 Å². The maximum atomic E-state index is 12.3. The first kappa shape index (κ1) is 17.0. The second-order valence-corrected chi connectivity index (χ2v) is 8.61. The van der Waals surface area contributed by atoms with E-state index in [-0.39, 0.29) is 36.4 Å². The molecule has 1 atom stereocenters. The van der Waals surface area contributed by atoms with Crippen LogP contribution in [0, 0.1) is 0 Å². The van der Waals surface area contributed by atoms with Crippen LogP contribution in [-0.4, -0.2) is 48.4 Å². The predicted molar refractivity (Wildman–Crippen MR) is 89.9 cm³/mol. The van der Waals surface area contributed by atoms with E-state index in [0.717, 1.165) is 0 Å². The van der Waals surface area contributed by atoms with E-state index >= 15 is 0 Å². The molecule has 0 N–H and O–H groups in total. The number of hydrogen-bond acceptors (Lipinski definition) is 5. The summed E-state index contributed by atoms with van der Waals surface area (Å²) < 4.78 is 29.5. The van der Waals surface area contributed by atoms with Crippen LogP contribution in [0.1, 0.15) is 12.8 Å². The Morgan fingerprint density at radius 1 is 1.46 bits per heavy atom. The molecule has 0 radical (unpaired) electrons. The molecule has 1 amide bonds. The summed E-state index contributed by atoms with van der Waals surface area (Å²) >= 11 is 5.86. The second-order valence-electron chi connectivity index (χ2n) is 5.94. The summed E-state index contributed by atoms with van der Waals surface area (Å²) in [6, 6.07) is 4.57. The van der Waals surface area contributed by atoms with Gasteiger partial charge in [-0.3, -0.25) is 9.36 Å². The van der Waals surface area contributed by atoms with Crippen LogP contribution in [0.2, 0.25) is 5.02 Å². The number of carbonyl (C=O) groups excluding carboxylic acids is 1. The second kappa shape index (κ2) is 6.25. The average Bonchev–Trinajstić information content (AvgIpc) is 3.02. The molecule has 0 bridgehead atoms. The summed E-state index contributed by atoms with van der Waals surface area (Å²) in [5.41, 5.74) is 0.943. The molecule has 1 fully saturated rings. The first-order valence-corrected chi connectivity index (χ1v) is 9.72. The fraction of sp³-hybridized carbons (Fsp3) is 0.467. The first-order valence-electron chi connectivity index (χ1n) is 7.52. The Morgan fingerprint density at radius 3 is 2.88 bits per heavy atom. The Bertz CT molecular complexity index is 946. The van der Waals surface area contributed by atoms with Crippen LogP contribution in [-0.2, 0) is 21.2 Å². The number of aromatic nitrogens is 1. The first-order chi connectivity index (χ1) is 11.3. The number of benzene rings is 1. The van der Waals surface area contributed by atoms with Crippen LogP contribution < -0.4 is 5.76 Å². The fourth-order valence-electron chi connectivity index (χ4n) is 2.92. The highest BCUT2D eigenvalue weighted by Crippen LogP contribution is 2.20. The maximum Gasteiger partial charge on any atom is 0.419 e. The van der Waals surface area contributed by atoms with Crippen molar-refractivity contribution < 1.29 is 17.6 Å². The number of halogens is 1. The molecule has 24 heavy (non-hydrogen) atoms. The number of carbonyl (C=O) groups is 1. The van der Waals surface area contributed by atoms with Crippen LogP contribution in [0.5, 0.6) is 0 Å². The van der Waals surface area contributed by atoms with E-state index in [4.69, 9.17) is 16.0 Å². The number of oxazole rings is 1. The van der Waals surface area contributed by atoms with Gasteiger partial charge in [-0.25, -0.2) is 13.2 Å². The Kier molecular flexibility index (Phi) is 4.44. The molecule has 2 heterocycles. The fourth-order valence-corrected chi connectivity index (χ4v) is 4.86. The lowest BCUT2D eigenvalue weighted by atomic mass is 10.2. The predicted octanol–water partition coefficient (Wildman–Crippen LogP) is 1.28. The van der Waals surface area contributed by atoms with Crippen molar-refractivity contribution in [3.05, 3.63) is 33.8 Å². The normalized spacial score (nSPS) is 19.7. The molecule has 1 unspecified atom stereocenters. The van der Waals surface area contributed by atoms with Crippen LogP contribution in [0.15, 0.2) is 27.4 Å². The summed E-state index contributed by atoms with van der Waals surface area (Å²) in [6.45, 7) is 0.163. The van der Waals surface area contributed by atoms with E-state index in [1.807, 2.05) is 0 Å². The molecular weight excluding hydrogens is 356 g/mol. The molecule has 0 spiro atoms. The highest BCUT2D eigenvalue weighted by atomic mass is 35.5. The molecule has 1 saturated heterocycles. The molecule has 130 valence electrons. The molecule has 1 aliphatic rings. The topological polar surface area (TPSA) is 89.6 Å². The molecule has 0 saturated carbocycles. The Labute approximate surface area is 143 Å². The SMILES string of the molecule is CN(C(=O)CCn1c(=O)oc2cc(Cl)ccc21)C1CCS(=O)(=O)C1. The lowest BCUT2D eigenvalue weighted by molar-refractivity contribution is -0.131. The Balaban J connectivity index is 1.71. The molecule has 7 nitrogen and oxygen atoms in total. The molecular formula is C15H17ClN2O5S. The number of aryl methyl sites for hydroxylation is 1. The van der Waals surface area contributed by atoms with Gasteiger partial charge in [0.05, 0.1) is 17.0 Å². The van der Waals surface area contributed by atoms with Gasteiger partial charge >= 0.3 is 5.76 Å². The summed E-state index contributed by atoms with van der Waals surface area (Å²) in [4.78, 5) is 25.7. The average molecular weight is 373 g/mol. The number of hydrogen-bond donors (Lipinski definition) is 0. The minimum Gasteiger partial charge on any atom is -0.408 e. The zero-order chi connectivity index (χ0) is 17.5. The number of nitrogens with zero attached hydrogens (tertiary/aromatic N) is 2. The molecule has 3 rings (SSSR count). The third-order valence-corrected chi connectivity index (χ3v) is 6.31. The van der Waals surface area contributed by atoms with Gasteiger partial charge in [0.15, 0.2) is 15.4 Å². The van der Waals surface area contributed by atoms with E-state index < -0.39 is 15.6 Å². The van der Waals surface area contributed by atoms with Crippen molar-refractivity contribution in [3.63, 3.8) is 0 Å². The third kappa shape index (κ3) is 3.34. The molecule has 2 aromatic rings. The third-order valence-electron chi connectivity index (χ3n) is 4.33. The molecule has 1 aromatic heterocycles. The molecule has 1 aliphatic heterocycles. The van der Waals surface area contributed by atoms with Crippen molar-refractivity contribution in [1.29, 1.82) is 0 Å². The van der Waals surface area contributed by atoms with Gasteiger partial charge < -0.3 is 9.32 Å². The van der Waals surface area contributed by atoms with Gasteiger partial charge in [-0.2, -0.15) is 0 Å². The Morgan fingerprint density at radius 2 is 2.21 bits per heavy atom. The smallest absolute Gasteiger partial charge is 0.408 e. The zero-order valence-corrected chi connectivity index (χ0v) is 14.6. The van der Waals surface area contributed by atoms with Gasteiger partial charge in [0.1, 0.15) is 0 Å². The molecule has 1 aromatic carbocycles. The highest BCUT2D eigenvalue weighted by molar-refractivity contribution is 7.91. The number of fused-ring (bicyclic) bond motifs is 1. The van der Waals surface area contributed by atoms with Crippen LogP contribution in [0.3, 0.4) is 0 Å². The quantitative estimate of drug-likeness (QED) is 0.806. The van der Waals surface area contributed by atoms with Gasteiger partial charge in [0.25, 0.3) is 0 Å². The number of sulfone groups is 1. The van der Waals surface area contributed by atoms with Crippen LogP contribution >= 0.6 is 11.6 Å². The van der Waals surface area contributed by atoms with Crippen molar-refractivity contribution in [2.24, 2.45) is 0 Å². The molecule has 0 aliphatic carbocycles. The monoisotopic (exact) mass is 372 g/mol. The van der Waals surface area contributed by atoms with E-state index in [9.17, 15) is 18.0 Å². The van der Waals surface area contributed by atoms with Crippen molar-refractivity contribution in [2.75, 3.05) is 18.6 Å². The summed E-state index contributed by atoms with van der Waals surface area (Å²) in [5.74, 6) is -0.636. The minimum atomic E-state index is -3.05. The van der Waals surface area contributed by atoms with Gasteiger partial charge in [-0.1, -0.05) is 11.6 Å². The minimum absolute atomic E-state index is 0.00231. The van der Waals surface area contributed by atoms with E-state index in [2.05, 4.69) is 0 Å². The number of amides is 1. The van der Waals surface area contributed by atoms with Crippen molar-refractivity contribution in [1.82, 2.24) is 9.47 Å². The van der Waals surface area contributed by atoms with Crippen LogP contribution in [0.4, 0.5) is 0 Å². The van der Waals surface area contributed by atoms with E-state index in [1.165, 1.54) is 9.47 Å². The maximum absolute atomic E-state index is 12.3. The van der Waals surface area contributed by atoms with Crippen molar-refractivity contribution >= 4 is 38.4 Å². The van der Waals surface area contributed by atoms with Gasteiger partial charge in [-0.05, 0) is 18.6 Å². The standard InChI is InChI=1S/C15H17ClN2O5S/c1-17(11-5-7-24(21,22)9-11)14(19)4-6-18-12-3-2-10(16)8-13(12)23-15(18)20/h2-3,8,11H,4-7,9H2,1H3. The lowest BCUT2D eigenvalue weighted by Gasteiger charge is -2.23. The zero-order valence-electron chi connectivity index (χ0n) is 13.1.